The van der Waals surface area contributed by atoms with Crippen LogP contribution in [0.1, 0.15) is 78.1 Å². The number of aliphatic hydroxyl groups is 3. The molecule has 5 N–H and O–H groups in total. The number of hydrogen-bond acceptors (Lipinski definition) is 15. The van der Waals surface area contributed by atoms with E-state index in [4.69, 9.17) is 34.3 Å². The molecule has 15 heteroatoms. The molecule has 12 unspecified atom stereocenters. The average Bonchev–Trinajstić information content (AvgIpc) is 3.49. The first-order chi connectivity index (χ1) is 20.7. The zero-order chi connectivity index (χ0) is 31.7. The fourth-order valence-electron chi connectivity index (χ4n) is 10.4. The molecule has 2 aliphatic heterocycles. The molecule has 0 bridgehead atoms. The lowest BCUT2D eigenvalue weighted by Crippen LogP contribution is -2.69. The lowest BCUT2D eigenvalue weighted by molar-refractivity contribution is -0.415. The highest BCUT2D eigenvalue weighted by Crippen LogP contribution is 2.70. The number of rotatable bonds is 8. The third-order valence-electron chi connectivity index (χ3n) is 12.4. The van der Waals surface area contributed by atoms with Gasteiger partial charge < -0.3 is 50.4 Å². The molecule has 12 atom stereocenters. The van der Waals surface area contributed by atoms with E-state index in [0.29, 0.717) is 38.5 Å². The van der Waals surface area contributed by atoms with Crippen LogP contribution in [0, 0.1) is 39.0 Å². The van der Waals surface area contributed by atoms with Gasteiger partial charge in [-0.25, -0.2) is 4.79 Å². The zero-order valence-corrected chi connectivity index (χ0v) is 25.1. The van der Waals surface area contributed by atoms with Crippen LogP contribution >= 0.6 is 0 Å². The van der Waals surface area contributed by atoms with Gasteiger partial charge in [-0.1, -0.05) is 6.92 Å². The van der Waals surface area contributed by atoms with Crippen LogP contribution in [-0.4, -0.2) is 97.6 Å². The van der Waals surface area contributed by atoms with Gasteiger partial charge in [-0.15, -0.1) is 10.8 Å². The minimum atomic E-state index is -1.26. The monoisotopic (exact) mass is 628 g/mol. The lowest BCUT2D eigenvalue weighted by Gasteiger charge is -2.66. The Kier molecular flexibility index (Phi) is 8.70. The van der Waals surface area contributed by atoms with Gasteiger partial charge in [0.25, 0.3) is 0 Å². The van der Waals surface area contributed by atoms with E-state index in [1.54, 1.807) is 6.08 Å². The lowest BCUT2D eigenvalue weighted by atomic mass is 9.41. The fraction of sp³-hybridized carbons (Fsp3) is 0.897. The summed E-state index contributed by atoms with van der Waals surface area (Å²) in [6, 6.07) is 0. The van der Waals surface area contributed by atoms with Crippen molar-refractivity contribution in [3.63, 3.8) is 0 Å². The highest BCUT2D eigenvalue weighted by molar-refractivity contribution is 5.85. The molecule has 0 spiro atoms. The maximum atomic E-state index is 12.4. The summed E-state index contributed by atoms with van der Waals surface area (Å²) >= 11 is 0. The van der Waals surface area contributed by atoms with Gasteiger partial charge in [-0.3, -0.25) is 9.68 Å². The van der Waals surface area contributed by atoms with Crippen molar-refractivity contribution < 1.29 is 54.4 Å². The Morgan fingerprint density at radius 1 is 1.02 bits per heavy atom. The van der Waals surface area contributed by atoms with E-state index in [-0.39, 0.29) is 49.8 Å². The molecule has 2 heterocycles. The number of fused-ring (bicyclic) bond motifs is 5. The maximum Gasteiger partial charge on any atom is 0.331 e. The van der Waals surface area contributed by atoms with E-state index in [1.165, 1.54) is 6.92 Å². The molecule has 44 heavy (non-hydrogen) atoms. The van der Waals surface area contributed by atoms with E-state index >= 15 is 0 Å². The number of carbonyl (C=O) groups excluding carboxylic acids is 1. The third-order valence-corrected chi connectivity index (χ3v) is 12.4. The minimum Gasteiger partial charge on any atom is -0.738 e. The first-order valence-corrected chi connectivity index (χ1v) is 15.6. The molecule has 1 saturated heterocycles. The highest BCUT2D eigenvalue weighted by Gasteiger charge is 2.71. The number of hydrogen-bond donors (Lipinski definition) is 5. The number of nitrogens with zero attached hydrogens (tertiary/aromatic N) is 2. The zero-order valence-electron chi connectivity index (χ0n) is 25.1. The quantitative estimate of drug-likeness (QED) is 0.147. The molecule has 250 valence electrons. The average molecular weight is 629 g/mol. The molecule has 15 nitrogen and oxygen atoms in total. The number of carbonyl (C=O) groups is 1. The first kappa shape index (κ1) is 32.6. The van der Waals surface area contributed by atoms with E-state index in [0.717, 1.165) is 18.4 Å². The van der Waals surface area contributed by atoms with Crippen LogP contribution in [0.25, 0.3) is 0 Å². The molecule has 0 radical (unpaired) electrons. The third kappa shape index (κ3) is 5.14. The van der Waals surface area contributed by atoms with Crippen LogP contribution in [0.3, 0.4) is 0 Å². The molecule has 6 rings (SSSR count). The van der Waals surface area contributed by atoms with Gasteiger partial charge in [0.15, 0.2) is 6.29 Å². The summed E-state index contributed by atoms with van der Waals surface area (Å²) in [5.74, 6) is -0.521. The molecule has 4 aliphatic carbocycles. The van der Waals surface area contributed by atoms with Crippen molar-refractivity contribution >= 4 is 5.97 Å². The Bertz CT molecular complexity index is 1120. The normalized spacial score (nSPS) is 49.0. The number of ether oxygens (including phenoxy) is 3. The molecule has 0 aromatic carbocycles. The van der Waals surface area contributed by atoms with Gasteiger partial charge in [0.1, 0.15) is 18.8 Å². The second-order valence-corrected chi connectivity index (χ2v) is 14.1. The van der Waals surface area contributed by atoms with Crippen LogP contribution in [-0.2, 0) is 28.7 Å². The molecule has 6 aliphatic rings. The van der Waals surface area contributed by atoms with Crippen LogP contribution in [0.5, 0.6) is 0 Å². The fourth-order valence-corrected chi connectivity index (χ4v) is 10.4. The maximum absolute atomic E-state index is 12.4. The number of cyclic esters (lactones) is 1. The van der Waals surface area contributed by atoms with E-state index in [2.05, 4.69) is 6.92 Å². The summed E-state index contributed by atoms with van der Waals surface area (Å²) in [5, 5.41) is 74.5. The van der Waals surface area contributed by atoms with Crippen molar-refractivity contribution in [1.82, 2.24) is 10.8 Å². The van der Waals surface area contributed by atoms with E-state index in [9.17, 15) is 30.5 Å². The van der Waals surface area contributed by atoms with Crippen LogP contribution < -0.4 is 0 Å². The second-order valence-electron chi connectivity index (χ2n) is 14.1. The Hall–Kier alpha value is -1.31. The summed E-state index contributed by atoms with van der Waals surface area (Å²) in [6.45, 7) is 3.69. The molecular formula is C29H44N2O13-2. The highest BCUT2D eigenvalue weighted by atomic mass is 17.1. The predicted octanol–water partition coefficient (Wildman–Crippen LogP) is 1.83. The van der Waals surface area contributed by atoms with Gasteiger partial charge in [-0.05, 0) is 81.6 Å². The summed E-state index contributed by atoms with van der Waals surface area (Å²) in [4.78, 5) is 21.4. The minimum absolute atomic E-state index is 0.0410. The SMILES string of the molecule is CC1OC(OC2CCC3(CO)C4CCC5(C)C(C6=CC(=O)OC6)CCC5(O)C4CCC3(O)C2)CC(ON([O-])O)C1ON([O-])O. The van der Waals surface area contributed by atoms with Crippen molar-refractivity contribution in [3.8, 4) is 0 Å². The largest absolute Gasteiger partial charge is 0.738 e. The van der Waals surface area contributed by atoms with Crippen LogP contribution in [0.4, 0.5) is 0 Å². The summed E-state index contributed by atoms with van der Waals surface area (Å²) in [6.07, 6.45) is 1.67. The Labute approximate surface area is 255 Å². The molecule has 5 fully saturated rings. The topological polar surface area (TPSA) is 217 Å². The summed E-state index contributed by atoms with van der Waals surface area (Å²) in [5.41, 5.74) is -2.59. The van der Waals surface area contributed by atoms with Gasteiger partial charge in [0.05, 0.1) is 30.0 Å². The summed E-state index contributed by atoms with van der Waals surface area (Å²) < 4.78 is 17.3. The van der Waals surface area contributed by atoms with E-state index < -0.39 is 63.5 Å². The number of aliphatic hydroxyl groups excluding tert-OH is 1. The first-order valence-electron chi connectivity index (χ1n) is 15.6. The summed E-state index contributed by atoms with van der Waals surface area (Å²) in [7, 11) is 0. The van der Waals surface area contributed by atoms with Gasteiger partial charge in [0.2, 0.25) is 0 Å². The van der Waals surface area contributed by atoms with Crippen LogP contribution in [0.15, 0.2) is 11.6 Å². The number of esters is 1. The van der Waals surface area contributed by atoms with E-state index in [1.807, 2.05) is 0 Å². The van der Waals surface area contributed by atoms with Crippen molar-refractivity contribution in [1.29, 1.82) is 0 Å². The predicted molar refractivity (Wildman–Crippen MR) is 146 cm³/mol. The van der Waals surface area contributed by atoms with Crippen molar-refractivity contribution in [2.45, 2.75) is 120 Å². The smallest absolute Gasteiger partial charge is 0.331 e. The standard InChI is InChI=1S/C29H44N2O13/c1-16-25(44-31(38)39)22(43-30(36)37)12-24(41-16)42-18-3-8-27(15-32)20-4-7-26(2)19(17-11-23(33)40-14-17)6-10-29(26,35)21(20)5-9-28(27,34)13-18/h11,16,18-22,24-25,32,34-36,38H,3-10,12-15H2,1-2H3/q-2. The molecule has 0 amide bonds. The Morgan fingerprint density at radius 2 is 1.75 bits per heavy atom. The Morgan fingerprint density at radius 3 is 2.41 bits per heavy atom. The van der Waals surface area contributed by atoms with Crippen molar-refractivity contribution in [3.05, 3.63) is 22.1 Å². The molecule has 4 saturated carbocycles. The van der Waals surface area contributed by atoms with Crippen molar-refractivity contribution in [2.24, 2.45) is 28.6 Å². The van der Waals surface area contributed by atoms with Gasteiger partial charge in [-0.2, -0.15) is 0 Å². The van der Waals surface area contributed by atoms with Gasteiger partial charge >= 0.3 is 5.97 Å². The second kappa shape index (κ2) is 11.7. The van der Waals surface area contributed by atoms with Crippen LogP contribution in [0.2, 0.25) is 0 Å². The molecular weight excluding hydrogens is 584 g/mol. The van der Waals surface area contributed by atoms with Gasteiger partial charge in [0, 0.05) is 29.7 Å². The Balaban J connectivity index is 1.17. The molecule has 0 aromatic rings. The van der Waals surface area contributed by atoms with Crippen molar-refractivity contribution in [2.75, 3.05) is 13.2 Å². The molecule has 0 aromatic heterocycles.